The maximum Gasteiger partial charge on any atom is 0.191 e. The van der Waals surface area contributed by atoms with Crippen LogP contribution in [-0.2, 0) is 17.9 Å². The Bertz CT molecular complexity index is 408. The summed E-state index contributed by atoms with van der Waals surface area (Å²) in [5.41, 5.74) is 2.37. The van der Waals surface area contributed by atoms with Gasteiger partial charge in [-0.1, -0.05) is 24.3 Å². The molecule has 0 fully saturated rings. The van der Waals surface area contributed by atoms with Crippen LogP contribution >= 0.6 is 24.0 Å². The molecule has 0 spiro atoms. The van der Waals surface area contributed by atoms with Crippen LogP contribution in [0.5, 0.6) is 0 Å². The van der Waals surface area contributed by atoms with Crippen LogP contribution in [-0.4, -0.2) is 25.7 Å². The Kier molecular flexibility index (Phi) is 10.5. The molecule has 0 aromatic heterocycles. The molecule has 0 aliphatic rings. The largest absolute Gasteiger partial charge is 0.380 e. The van der Waals surface area contributed by atoms with Crippen molar-refractivity contribution < 1.29 is 4.74 Å². The Labute approximate surface area is 139 Å². The average Bonchev–Trinajstić information content (AvgIpc) is 2.36. The number of hydrogen-bond donors (Lipinski definition) is 2. The van der Waals surface area contributed by atoms with Crippen molar-refractivity contribution in [3.8, 4) is 0 Å². The first kappa shape index (κ1) is 19.2. The first-order valence-corrected chi connectivity index (χ1v) is 6.77. The van der Waals surface area contributed by atoms with Gasteiger partial charge >= 0.3 is 0 Å². The molecule has 20 heavy (non-hydrogen) atoms. The van der Waals surface area contributed by atoms with E-state index in [9.17, 15) is 0 Å². The summed E-state index contributed by atoms with van der Waals surface area (Å²) in [5, 5.41) is 6.54. The average molecular weight is 391 g/mol. The van der Waals surface area contributed by atoms with E-state index >= 15 is 0 Å². The number of nitrogens with zero attached hydrogens (tertiary/aromatic N) is 1. The molecule has 114 valence electrons. The maximum atomic E-state index is 5.14. The fraction of sp³-hybridized carbons (Fsp3) is 0.533. The standard InChI is InChI=1S/C15H25N3O.HI/c1-5-16-15(18-12(2)3)17-10-13-7-6-8-14(9-13)11-19-4;/h6-9,12H,5,10-11H2,1-4H3,(H2,16,17,18);1H. The molecule has 0 aliphatic carbocycles. The zero-order chi connectivity index (χ0) is 14.1. The highest BCUT2D eigenvalue weighted by atomic mass is 127. The lowest BCUT2D eigenvalue weighted by atomic mass is 10.1. The SMILES string of the molecule is CCNC(=NCc1cccc(COC)c1)NC(C)C.I. The fourth-order valence-corrected chi connectivity index (χ4v) is 1.75. The van der Waals surface area contributed by atoms with Gasteiger partial charge in [0.05, 0.1) is 13.2 Å². The molecule has 0 aliphatic heterocycles. The zero-order valence-electron chi connectivity index (χ0n) is 12.8. The van der Waals surface area contributed by atoms with Crippen LogP contribution in [0.25, 0.3) is 0 Å². The molecule has 0 amide bonds. The minimum atomic E-state index is 0. The van der Waals surface area contributed by atoms with Crippen LogP contribution in [0, 0.1) is 0 Å². The van der Waals surface area contributed by atoms with E-state index in [1.54, 1.807) is 7.11 Å². The van der Waals surface area contributed by atoms with Crippen LogP contribution < -0.4 is 10.6 Å². The van der Waals surface area contributed by atoms with E-state index < -0.39 is 0 Å². The maximum absolute atomic E-state index is 5.14. The topological polar surface area (TPSA) is 45.7 Å². The summed E-state index contributed by atoms with van der Waals surface area (Å²) in [5.74, 6) is 0.856. The van der Waals surface area contributed by atoms with Gasteiger partial charge in [0.25, 0.3) is 0 Å². The van der Waals surface area contributed by atoms with E-state index in [0.717, 1.165) is 12.5 Å². The number of ether oxygens (including phenoxy) is 1. The van der Waals surface area contributed by atoms with Gasteiger partial charge < -0.3 is 15.4 Å². The normalized spacial score (nSPS) is 11.2. The summed E-state index contributed by atoms with van der Waals surface area (Å²) < 4.78 is 5.14. The molecule has 0 heterocycles. The van der Waals surface area contributed by atoms with Gasteiger partial charge in [-0.25, -0.2) is 4.99 Å². The van der Waals surface area contributed by atoms with Crippen molar-refractivity contribution in [3.05, 3.63) is 35.4 Å². The number of rotatable bonds is 6. The molecular weight excluding hydrogens is 365 g/mol. The van der Waals surface area contributed by atoms with E-state index in [2.05, 4.69) is 54.6 Å². The number of aliphatic imine (C=N–C) groups is 1. The highest BCUT2D eigenvalue weighted by molar-refractivity contribution is 14.0. The number of methoxy groups -OCH3 is 1. The molecular formula is C15H26IN3O. The van der Waals surface area contributed by atoms with Crippen LogP contribution in [0.1, 0.15) is 31.9 Å². The van der Waals surface area contributed by atoms with E-state index in [1.165, 1.54) is 11.1 Å². The summed E-state index contributed by atoms with van der Waals surface area (Å²) in [7, 11) is 1.71. The fourth-order valence-electron chi connectivity index (χ4n) is 1.75. The molecule has 0 unspecified atom stereocenters. The van der Waals surface area contributed by atoms with Gasteiger partial charge in [-0.05, 0) is 31.9 Å². The minimum Gasteiger partial charge on any atom is -0.380 e. The van der Waals surface area contributed by atoms with Crippen molar-refractivity contribution in [2.75, 3.05) is 13.7 Å². The third kappa shape index (κ3) is 7.69. The van der Waals surface area contributed by atoms with Crippen molar-refractivity contribution in [2.24, 2.45) is 4.99 Å². The molecule has 5 heteroatoms. The van der Waals surface area contributed by atoms with Crippen molar-refractivity contribution in [3.63, 3.8) is 0 Å². The highest BCUT2D eigenvalue weighted by Gasteiger charge is 2.00. The van der Waals surface area contributed by atoms with E-state index in [0.29, 0.717) is 19.2 Å². The van der Waals surface area contributed by atoms with E-state index in [-0.39, 0.29) is 24.0 Å². The summed E-state index contributed by atoms with van der Waals surface area (Å²) in [6, 6.07) is 8.70. The summed E-state index contributed by atoms with van der Waals surface area (Å²) in [6.07, 6.45) is 0. The Morgan fingerprint density at radius 2 is 2.00 bits per heavy atom. The lowest BCUT2D eigenvalue weighted by Crippen LogP contribution is -2.40. The molecule has 4 nitrogen and oxygen atoms in total. The Hall–Kier alpha value is -0.820. The zero-order valence-corrected chi connectivity index (χ0v) is 15.1. The predicted molar refractivity (Wildman–Crippen MR) is 95.7 cm³/mol. The molecule has 0 bridgehead atoms. The summed E-state index contributed by atoms with van der Waals surface area (Å²) >= 11 is 0. The Morgan fingerprint density at radius 1 is 1.30 bits per heavy atom. The van der Waals surface area contributed by atoms with Gasteiger partial charge in [0.15, 0.2) is 5.96 Å². The molecule has 0 saturated heterocycles. The van der Waals surface area contributed by atoms with Crippen LogP contribution in [0.3, 0.4) is 0 Å². The second-order valence-corrected chi connectivity index (χ2v) is 4.75. The van der Waals surface area contributed by atoms with Gasteiger partial charge in [0.1, 0.15) is 0 Å². The van der Waals surface area contributed by atoms with Gasteiger partial charge in [-0.15, -0.1) is 24.0 Å². The predicted octanol–water partition coefficient (Wildman–Crippen LogP) is 2.91. The smallest absolute Gasteiger partial charge is 0.191 e. The molecule has 2 N–H and O–H groups in total. The Morgan fingerprint density at radius 3 is 2.60 bits per heavy atom. The number of nitrogens with one attached hydrogen (secondary N) is 2. The third-order valence-electron chi connectivity index (χ3n) is 2.49. The van der Waals surface area contributed by atoms with Crippen LogP contribution in [0.2, 0.25) is 0 Å². The van der Waals surface area contributed by atoms with E-state index in [1.807, 2.05) is 6.07 Å². The van der Waals surface area contributed by atoms with Gasteiger partial charge in [-0.3, -0.25) is 0 Å². The number of hydrogen-bond acceptors (Lipinski definition) is 2. The second-order valence-electron chi connectivity index (χ2n) is 4.75. The van der Waals surface area contributed by atoms with Gasteiger partial charge in [0.2, 0.25) is 0 Å². The van der Waals surface area contributed by atoms with Gasteiger partial charge in [-0.2, -0.15) is 0 Å². The first-order valence-electron chi connectivity index (χ1n) is 6.77. The Balaban J connectivity index is 0.00000361. The van der Waals surface area contributed by atoms with Crippen molar-refractivity contribution in [1.82, 2.24) is 10.6 Å². The quantitative estimate of drug-likeness (QED) is 0.445. The van der Waals surface area contributed by atoms with Crippen molar-refractivity contribution >= 4 is 29.9 Å². The number of halogens is 1. The van der Waals surface area contributed by atoms with Crippen LogP contribution in [0.15, 0.2) is 29.3 Å². The molecule has 0 atom stereocenters. The molecule has 1 rings (SSSR count). The first-order chi connectivity index (χ1) is 9.15. The number of guanidine groups is 1. The molecule has 1 aromatic carbocycles. The summed E-state index contributed by atoms with van der Waals surface area (Å²) in [4.78, 5) is 4.58. The van der Waals surface area contributed by atoms with E-state index in [4.69, 9.17) is 4.74 Å². The van der Waals surface area contributed by atoms with Crippen molar-refractivity contribution in [2.45, 2.75) is 40.0 Å². The summed E-state index contributed by atoms with van der Waals surface area (Å²) in [6.45, 7) is 8.44. The lowest BCUT2D eigenvalue weighted by molar-refractivity contribution is 0.185. The monoisotopic (exact) mass is 391 g/mol. The van der Waals surface area contributed by atoms with Crippen LogP contribution in [0.4, 0.5) is 0 Å². The minimum absolute atomic E-state index is 0. The van der Waals surface area contributed by atoms with Crippen molar-refractivity contribution in [1.29, 1.82) is 0 Å². The van der Waals surface area contributed by atoms with Gasteiger partial charge in [0, 0.05) is 19.7 Å². The third-order valence-corrected chi connectivity index (χ3v) is 2.49. The molecule has 0 radical (unpaired) electrons. The molecule has 1 aromatic rings. The second kappa shape index (κ2) is 10.9. The number of benzene rings is 1. The lowest BCUT2D eigenvalue weighted by Gasteiger charge is -2.14. The highest BCUT2D eigenvalue weighted by Crippen LogP contribution is 2.07. The molecule has 0 saturated carbocycles.